The van der Waals surface area contributed by atoms with Crippen molar-refractivity contribution < 1.29 is 4.79 Å². The lowest BCUT2D eigenvalue weighted by Gasteiger charge is -2.19. The largest absolute Gasteiger partial charge is 0.361 e. The molecule has 1 aromatic carbocycles. The van der Waals surface area contributed by atoms with Gasteiger partial charge < -0.3 is 10.3 Å². The topological polar surface area (TPSA) is 62.7 Å². The number of para-hydroxylation sites is 1. The smallest absolute Gasteiger partial charge is 0.253 e. The molecular weight excluding hydrogens is 300 g/mol. The number of rotatable bonds is 3. The molecule has 0 bridgehead atoms. The molecule has 1 amide bonds. The van der Waals surface area contributed by atoms with Gasteiger partial charge in [0.05, 0.1) is 28.4 Å². The zero-order valence-corrected chi connectivity index (χ0v) is 14.8. The van der Waals surface area contributed by atoms with E-state index in [4.69, 9.17) is 0 Å². The number of hydrogen-bond acceptors (Lipinski definition) is 2. The number of aromatic nitrogens is 3. The lowest BCUT2D eigenvalue weighted by molar-refractivity contribution is 0.0941. The zero-order valence-electron chi connectivity index (χ0n) is 14.8. The SMILES string of the molecule is Cc1nn(C(C)(C)C)cc1C(C)NC(=O)c1cccc2cc[nH]c12. The van der Waals surface area contributed by atoms with Gasteiger partial charge in [-0.05, 0) is 46.8 Å². The van der Waals surface area contributed by atoms with Crippen LogP contribution in [0.5, 0.6) is 0 Å². The fraction of sp³-hybridized carbons (Fsp3) is 0.368. The minimum absolute atomic E-state index is 0.0808. The summed E-state index contributed by atoms with van der Waals surface area (Å²) in [6.07, 6.45) is 3.87. The quantitative estimate of drug-likeness (QED) is 0.767. The third-order valence-electron chi connectivity index (χ3n) is 4.27. The summed E-state index contributed by atoms with van der Waals surface area (Å²) in [5.74, 6) is -0.0848. The van der Waals surface area contributed by atoms with E-state index >= 15 is 0 Å². The van der Waals surface area contributed by atoms with E-state index in [0.717, 1.165) is 22.2 Å². The minimum Gasteiger partial charge on any atom is -0.361 e. The number of fused-ring (bicyclic) bond motifs is 1. The molecule has 126 valence electrons. The van der Waals surface area contributed by atoms with Crippen LogP contribution in [0.25, 0.3) is 10.9 Å². The first kappa shape index (κ1) is 16.3. The van der Waals surface area contributed by atoms with Gasteiger partial charge in [-0.1, -0.05) is 12.1 Å². The molecule has 5 heteroatoms. The molecule has 0 aliphatic carbocycles. The minimum atomic E-state index is -0.112. The van der Waals surface area contributed by atoms with Crippen LogP contribution in [0.1, 0.15) is 55.4 Å². The molecular formula is C19H24N4O. The molecule has 0 saturated carbocycles. The number of nitrogens with zero attached hydrogens (tertiary/aromatic N) is 2. The number of aryl methyl sites for hydroxylation is 1. The standard InChI is InChI=1S/C19H24N4O/c1-12(16-11-23(19(3,4)5)22-13(16)2)21-18(24)15-8-6-7-14-9-10-20-17(14)15/h6-12,20H,1-5H3,(H,21,24). The summed E-state index contributed by atoms with van der Waals surface area (Å²) in [7, 11) is 0. The number of carbonyl (C=O) groups excluding carboxylic acids is 1. The Bertz CT molecular complexity index is 882. The second-order valence-electron chi connectivity index (χ2n) is 7.23. The molecule has 0 saturated heterocycles. The van der Waals surface area contributed by atoms with E-state index in [1.807, 2.05) is 55.2 Å². The number of H-pyrrole nitrogens is 1. The molecule has 1 unspecified atom stereocenters. The molecule has 0 radical (unpaired) electrons. The average molecular weight is 324 g/mol. The van der Waals surface area contributed by atoms with E-state index in [1.54, 1.807) is 0 Å². The second kappa shape index (κ2) is 5.82. The molecule has 5 nitrogen and oxygen atoms in total. The Balaban J connectivity index is 1.85. The van der Waals surface area contributed by atoms with Crippen LogP contribution in [0.4, 0.5) is 0 Å². The van der Waals surface area contributed by atoms with Crippen molar-refractivity contribution in [1.29, 1.82) is 0 Å². The Morgan fingerprint density at radius 2 is 2.04 bits per heavy atom. The lowest BCUT2D eigenvalue weighted by atomic mass is 10.1. The maximum atomic E-state index is 12.7. The molecule has 0 aliphatic rings. The normalized spacial score (nSPS) is 13.2. The highest BCUT2D eigenvalue weighted by atomic mass is 16.1. The first-order chi connectivity index (χ1) is 11.3. The van der Waals surface area contributed by atoms with Crippen molar-refractivity contribution in [3.8, 4) is 0 Å². The van der Waals surface area contributed by atoms with Crippen molar-refractivity contribution in [2.75, 3.05) is 0 Å². The summed E-state index contributed by atoms with van der Waals surface area (Å²) in [5.41, 5.74) is 3.42. The highest BCUT2D eigenvalue weighted by molar-refractivity contribution is 6.05. The van der Waals surface area contributed by atoms with E-state index in [1.165, 1.54) is 0 Å². The van der Waals surface area contributed by atoms with E-state index in [0.29, 0.717) is 5.56 Å². The molecule has 2 N–H and O–H groups in total. The summed E-state index contributed by atoms with van der Waals surface area (Å²) >= 11 is 0. The molecule has 2 aromatic heterocycles. The first-order valence-electron chi connectivity index (χ1n) is 8.21. The highest BCUT2D eigenvalue weighted by Gasteiger charge is 2.21. The third kappa shape index (κ3) is 2.94. The van der Waals surface area contributed by atoms with Gasteiger partial charge >= 0.3 is 0 Å². The van der Waals surface area contributed by atoms with Crippen LogP contribution in [-0.2, 0) is 5.54 Å². The van der Waals surface area contributed by atoms with Crippen molar-refractivity contribution in [3.05, 3.63) is 53.5 Å². The van der Waals surface area contributed by atoms with Gasteiger partial charge in [-0.15, -0.1) is 0 Å². The van der Waals surface area contributed by atoms with Crippen LogP contribution in [0.2, 0.25) is 0 Å². The first-order valence-corrected chi connectivity index (χ1v) is 8.21. The van der Waals surface area contributed by atoms with Gasteiger partial charge in [-0.25, -0.2) is 0 Å². The fourth-order valence-electron chi connectivity index (χ4n) is 2.87. The van der Waals surface area contributed by atoms with Crippen molar-refractivity contribution >= 4 is 16.8 Å². The van der Waals surface area contributed by atoms with Gasteiger partial charge in [-0.3, -0.25) is 9.48 Å². The lowest BCUT2D eigenvalue weighted by Crippen LogP contribution is -2.27. The van der Waals surface area contributed by atoms with Gasteiger partial charge in [0.25, 0.3) is 5.91 Å². The van der Waals surface area contributed by atoms with E-state index < -0.39 is 0 Å². The van der Waals surface area contributed by atoms with Crippen LogP contribution in [-0.4, -0.2) is 20.7 Å². The number of aromatic amines is 1. The number of nitrogens with one attached hydrogen (secondary N) is 2. The van der Waals surface area contributed by atoms with E-state index in [2.05, 4.69) is 36.2 Å². The predicted octanol–water partition coefficient (Wildman–Crippen LogP) is 3.92. The van der Waals surface area contributed by atoms with Gasteiger partial charge in [0, 0.05) is 23.3 Å². The van der Waals surface area contributed by atoms with Crippen molar-refractivity contribution in [1.82, 2.24) is 20.1 Å². The molecule has 0 fully saturated rings. The Morgan fingerprint density at radius 1 is 1.29 bits per heavy atom. The molecule has 0 spiro atoms. The van der Waals surface area contributed by atoms with Crippen LogP contribution in [0.15, 0.2) is 36.7 Å². The molecule has 1 atom stereocenters. The number of benzene rings is 1. The van der Waals surface area contributed by atoms with Crippen molar-refractivity contribution in [2.24, 2.45) is 0 Å². The van der Waals surface area contributed by atoms with Crippen LogP contribution in [0.3, 0.4) is 0 Å². The summed E-state index contributed by atoms with van der Waals surface area (Å²) < 4.78 is 1.95. The summed E-state index contributed by atoms with van der Waals surface area (Å²) in [6.45, 7) is 10.3. The zero-order chi connectivity index (χ0) is 17.5. The number of hydrogen-bond donors (Lipinski definition) is 2. The maximum Gasteiger partial charge on any atom is 0.253 e. The molecule has 3 rings (SSSR count). The molecule has 3 aromatic rings. The monoisotopic (exact) mass is 324 g/mol. The van der Waals surface area contributed by atoms with Crippen LogP contribution < -0.4 is 5.32 Å². The Morgan fingerprint density at radius 3 is 2.71 bits per heavy atom. The van der Waals surface area contributed by atoms with Crippen LogP contribution in [0, 0.1) is 6.92 Å². The van der Waals surface area contributed by atoms with Gasteiger partial charge in [0.2, 0.25) is 0 Å². The maximum absolute atomic E-state index is 12.7. The summed E-state index contributed by atoms with van der Waals surface area (Å²) in [4.78, 5) is 15.8. The van der Waals surface area contributed by atoms with Gasteiger partial charge in [0.1, 0.15) is 0 Å². The fourth-order valence-corrected chi connectivity index (χ4v) is 2.87. The summed E-state index contributed by atoms with van der Waals surface area (Å²) in [5, 5.41) is 8.71. The molecule has 0 aliphatic heterocycles. The molecule has 2 heterocycles. The van der Waals surface area contributed by atoms with E-state index in [9.17, 15) is 4.79 Å². The van der Waals surface area contributed by atoms with Crippen molar-refractivity contribution in [3.63, 3.8) is 0 Å². The second-order valence-corrected chi connectivity index (χ2v) is 7.23. The third-order valence-corrected chi connectivity index (χ3v) is 4.27. The van der Waals surface area contributed by atoms with Crippen molar-refractivity contribution in [2.45, 2.75) is 46.2 Å². The number of amides is 1. The predicted molar refractivity (Wildman–Crippen MR) is 96.1 cm³/mol. The summed E-state index contributed by atoms with van der Waals surface area (Å²) in [6, 6.07) is 7.58. The Labute approximate surface area is 142 Å². The number of carbonyl (C=O) groups is 1. The van der Waals surface area contributed by atoms with E-state index in [-0.39, 0.29) is 17.5 Å². The average Bonchev–Trinajstić information content (AvgIpc) is 3.12. The Kier molecular flexibility index (Phi) is 3.95. The molecule has 24 heavy (non-hydrogen) atoms. The van der Waals surface area contributed by atoms with Gasteiger partial charge in [0.15, 0.2) is 0 Å². The highest BCUT2D eigenvalue weighted by Crippen LogP contribution is 2.22. The Hall–Kier alpha value is -2.56. The van der Waals surface area contributed by atoms with Gasteiger partial charge in [-0.2, -0.15) is 5.10 Å². The van der Waals surface area contributed by atoms with Crippen LogP contribution >= 0.6 is 0 Å².